The number of fused-ring (bicyclic) bond motifs is 1. The highest BCUT2D eigenvalue weighted by Crippen LogP contribution is 2.29. The van der Waals surface area contributed by atoms with Gasteiger partial charge in [-0.1, -0.05) is 48.0 Å². The molecule has 4 rings (SSSR count). The van der Waals surface area contributed by atoms with Gasteiger partial charge in [0.1, 0.15) is 5.82 Å². The smallest absolute Gasteiger partial charge is 0.257 e. The summed E-state index contributed by atoms with van der Waals surface area (Å²) in [6, 6.07) is 18.8. The number of hydrogen-bond donors (Lipinski definition) is 3. The lowest BCUT2D eigenvalue weighted by Gasteiger charge is -2.26. The lowest BCUT2D eigenvalue weighted by Crippen LogP contribution is -2.35. The van der Waals surface area contributed by atoms with E-state index in [1.807, 2.05) is 12.1 Å². The Morgan fingerprint density at radius 3 is 2.62 bits per heavy atom. The molecule has 1 atom stereocenters. The number of aryl methyl sites for hydroxylation is 1. The summed E-state index contributed by atoms with van der Waals surface area (Å²) >= 11 is 6.01. The molecule has 0 saturated heterocycles. The van der Waals surface area contributed by atoms with E-state index in [4.69, 9.17) is 11.6 Å². The molecule has 3 aromatic rings. The van der Waals surface area contributed by atoms with Gasteiger partial charge in [-0.25, -0.2) is 4.39 Å². The second-order valence-electron chi connectivity index (χ2n) is 7.69. The normalized spacial score (nSPS) is 14.9. The maximum Gasteiger partial charge on any atom is 0.257 e. The Labute approximate surface area is 191 Å². The summed E-state index contributed by atoms with van der Waals surface area (Å²) in [6.07, 6.45) is 2.96. The minimum absolute atomic E-state index is 0.00610. The molecule has 7 heteroatoms. The van der Waals surface area contributed by atoms with Crippen LogP contribution in [0.25, 0.3) is 0 Å². The monoisotopic (exact) mass is 451 g/mol. The summed E-state index contributed by atoms with van der Waals surface area (Å²) < 4.78 is 13.3. The molecule has 0 bridgehead atoms. The van der Waals surface area contributed by atoms with Crippen molar-refractivity contribution in [2.75, 3.05) is 17.2 Å². The van der Waals surface area contributed by atoms with Crippen LogP contribution < -0.4 is 16.0 Å². The van der Waals surface area contributed by atoms with Crippen molar-refractivity contribution in [3.63, 3.8) is 0 Å². The Hall–Kier alpha value is -3.38. The lowest BCUT2D eigenvalue weighted by atomic mass is 9.88. The van der Waals surface area contributed by atoms with Crippen LogP contribution in [0, 0.1) is 5.82 Å². The van der Waals surface area contributed by atoms with E-state index in [1.165, 1.54) is 23.3 Å². The maximum absolute atomic E-state index is 13.3. The minimum atomic E-state index is -0.485. The summed E-state index contributed by atoms with van der Waals surface area (Å²) in [5, 5.41) is 8.93. The first-order valence-corrected chi connectivity index (χ1v) is 10.9. The molecule has 0 heterocycles. The van der Waals surface area contributed by atoms with Crippen molar-refractivity contribution in [2.24, 2.45) is 0 Å². The molecular formula is C25H23ClFN3O2. The second kappa shape index (κ2) is 9.83. The van der Waals surface area contributed by atoms with Crippen LogP contribution in [0.2, 0.25) is 5.02 Å². The predicted octanol–water partition coefficient (Wildman–Crippen LogP) is 5.34. The molecule has 3 N–H and O–H groups in total. The Kier molecular flexibility index (Phi) is 6.71. The topological polar surface area (TPSA) is 70.2 Å². The Morgan fingerprint density at radius 2 is 1.78 bits per heavy atom. The SMILES string of the molecule is O=C(CNc1ccccc1C(=O)Nc1ccc(F)cc1Cl)NC1CCCc2ccccc21. The first-order valence-electron chi connectivity index (χ1n) is 10.5. The van der Waals surface area contributed by atoms with Gasteiger partial charge in [-0.3, -0.25) is 9.59 Å². The van der Waals surface area contributed by atoms with Crippen LogP contribution in [0.1, 0.15) is 40.4 Å². The van der Waals surface area contributed by atoms with E-state index in [1.54, 1.807) is 24.3 Å². The van der Waals surface area contributed by atoms with Gasteiger partial charge < -0.3 is 16.0 Å². The highest BCUT2D eigenvalue weighted by atomic mass is 35.5. The number of benzene rings is 3. The molecule has 0 fully saturated rings. The van der Waals surface area contributed by atoms with Gasteiger partial charge in [-0.15, -0.1) is 0 Å². The fraction of sp³-hybridized carbons (Fsp3) is 0.200. The summed E-state index contributed by atoms with van der Waals surface area (Å²) in [7, 11) is 0. The lowest BCUT2D eigenvalue weighted by molar-refractivity contribution is -0.120. The number of carbonyl (C=O) groups excluding carboxylic acids is 2. The van der Waals surface area contributed by atoms with Gasteiger partial charge in [0, 0.05) is 5.69 Å². The van der Waals surface area contributed by atoms with E-state index in [2.05, 4.69) is 28.1 Å². The van der Waals surface area contributed by atoms with Crippen molar-refractivity contribution in [2.45, 2.75) is 25.3 Å². The van der Waals surface area contributed by atoms with E-state index in [-0.39, 0.29) is 23.5 Å². The van der Waals surface area contributed by atoms with Gasteiger partial charge in [0.05, 0.1) is 28.9 Å². The van der Waals surface area contributed by atoms with Crippen LogP contribution >= 0.6 is 11.6 Å². The first-order chi connectivity index (χ1) is 15.5. The van der Waals surface area contributed by atoms with Crippen molar-refractivity contribution in [1.82, 2.24) is 5.32 Å². The zero-order valence-electron chi connectivity index (χ0n) is 17.3. The number of rotatable bonds is 6. The third kappa shape index (κ3) is 5.08. The number of para-hydroxylation sites is 1. The number of halogens is 2. The second-order valence-corrected chi connectivity index (χ2v) is 8.10. The largest absolute Gasteiger partial charge is 0.376 e. The summed E-state index contributed by atoms with van der Waals surface area (Å²) in [4.78, 5) is 25.4. The van der Waals surface area contributed by atoms with E-state index >= 15 is 0 Å². The molecule has 3 aromatic carbocycles. The molecule has 2 amide bonds. The fourth-order valence-electron chi connectivity index (χ4n) is 3.94. The quantitative estimate of drug-likeness (QED) is 0.474. The minimum Gasteiger partial charge on any atom is -0.376 e. The highest BCUT2D eigenvalue weighted by Gasteiger charge is 2.21. The van der Waals surface area contributed by atoms with Crippen molar-refractivity contribution in [3.8, 4) is 0 Å². The van der Waals surface area contributed by atoms with Crippen LogP contribution in [0.5, 0.6) is 0 Å². The van der Waals surface area contributed by atoms with Crippen molar-refractivity contribution >= 4 is 34.8 Å². The van der Waals surface area contributed by atoms with Crippen LogP contribution in [-0.4, -0.2) is 18.4 Å². The fourth-order valence-corrected chi connectivity index (χ4v) is 4.15. The standard InChI is InChI=1S/C25H23ClFN3O2/c26-20-14-17(27)12-13-23(20)30-25(32)19-9-3-4-10-21(19)28-15-24(31)29-22-11-5-7-16-6-1-2-8-18(16)22/h1-4,6,8-10,12-14,22,28H,5,7,11,15H2,(H,29,31)(H,30,32). The van der Waals surface area contributed by atoms with Crippen LogP contribution in [-0.2, 0) is 11.2 Å². The molecule has 1 aliphatic carbocycles. The number of hydrogen-bond acceptors (Lipinski definition) is 3. The molecule has 1 aliphatic rings. The average Bonchev–Trinajstić information content (AvgIpc) is 2.80. The van der Waals surface area contributed by atoms with Gasteiger partial charge >= 0.3 is 0 Å². The highest BCUT2D eigenvalue weighted by molar-refractivity contribution is 6.34. The van der Waals surface area contributed by atoms with Gasteiger partial charge in [-0.2, -0.15) is 0 Å². The van der Waals surface area contributed by atoms with Crippen molar-refractivity contribution < 1.29 is 14.0 Å². The van der Waals surface area contributed by atoms with Crippen LogP contribution in [0.15, 0.2) is 66.7 Å². The van der Waals surface area contributed by atoms with Gasteiger partial charge in [0.2, 0.25) is 5.91 Å². The van der Waals surface area contributed by atoms with Gasteiger partial charge in [0.15, 0.2) is 0 Å². The van der Waals surface area contributed by atoms with Crippen LogP contribution in [0.3, 0.4) is 0 Å². The first kappa shape index (κ1) is 21.8. The average molecular weight is 452 g/mol. The molecule has 0 aliphatic heterocycles. The molecule has 5 nitrogen and oxygen atoms in total. The number of anilines is 2. The van der Waals surface area contributed by atoms with Gasteiger partial charge in [0.25, 0.3) is 5.91 Å². The van der Waals surface area contributed by atoms with Crippen molar-refractivity contribution in [3.05, 3.63) is 94.3 Å². The summed E-state index contributed by atoms with van der Waals surface area (Å²) in [5.41, 5.74) is 3.62. The zero-order chi connectivity index (χ0) is 22.5. The van der Waals surface area contributed by atoms with Gasteiger partial charge in [-0.05, 0) is 60.7 Å². The Morgan fingerprint density at radius 1 is 1.00 bits per heavy atom. The van der Waals surface area contributed by atoms with E-state index in [0.717, 1.165) is 25.3 Å². The molecule has 164 valence electrons. The summed E-state index contributed by atoms with van der Waals surface area (Å²) in [5.74, 6) is -1.05. The third-order valence-electron chi connectivity index (χ3n) is 5.50. The molecule has 32 heavy (non-hydrogen) atoms. The number of carbonyl (C=O) groups is 2. The molecule has 0 saturated carbocycles. The molecule has 0 spiro atoms. The Bertz CT molecular complexity index is 1150. The number of amides is 2. The molecule has 0 radical (unpaired) electrons. The third-order valence-corrected chi connectivity index (χ3v) is 5.81. The van der Waals surface area contributed by atoms with E-state index in [9.17, 15) is 14.0 Å². The van der Waals surface area contributed by atoms with Crippen molar-refractivity contribution in [1.29, 1.82) is 0 Å². The molecule has 1 unspecified atom stereocenters. The molecular weight excluding hydrogens is 429 g/mol. The maximum atomic E-state index is 13.3. The predicted molar refractivity (Wildman–Crippen MR) is 125 cm³/mol. The van der Waals surface area contributed by atoms with Crippen LogP contribution in [0.4, 0.5) is 15.8 Å². The number of nitrogens with one attached hydrogen (secondary N) is 3. The summed E-state index contributed by atoms with van der Waals surface area (Å²) in [6.45, 7) is 0.0280. The molecule has 0 aromatic heterocycles. The van der Waals surface area contributed by atoms with E-state index < -0.39 is 11.7 Å². The zero-order valence-corrected chi connectivity index (χ0v) is 18.1. The van der Waals surface area contributed by atoms with E-state index in [0.29, 0.717) is 16.9 Å². The Balaban J connectivity index is 1.40.